The molecule has 0 unspecified atom stereocenters. The van der Waals surface area contributed by atoms with Crippen molar-refractivity contribution < 1.29 is 4.39 Å². The molecule has 0 saturated heterocycles. The fourth-order valence-corrected chi connectivity index (χ4v) is 3.20. The van der Waals surface area contributed by atoms with Crippen LogP contribution in [0, 0.1) is 12.7 Å². The van der Waals surface area contributed by atoms with E-state index < -0.39 is 0 Å². The smallest absolute Gasteiger partial charge is 0.137 e. The van der Waals surface area contributed by atoms with Gasteiger partial charge >= 0.3 is 0 Å². The van der Waals surface area contributed by atoms with Gasteiger partial charge in [0.05, 0.1) is 27.1 Å². The van der Waals surface area contributed by atoms with Gasteiger partial charge < -0.3 is 0 Å². The van der Waals surface area contributed by atoms with Gasteiger partial charge in [0.1, 0.15) is 11.6 Å². The van der Waals surface area contributed by atoms with Gasteiger partial charge in [-0.05, 0) is 58.7 Å². The number of hydrogen-bond acceptors (Lipinski definition) is 1. The van der Waals surface area contributed by atoms with Gasteiger partial charge in [-0.2, -0.15) is 0 Å². The molecule has 0 aliphatic carbocycles. The van der Waals surface area contributed by atoms with Crippen molar-refractivity contribution in [3.63, 3.8) is 0 Å². The minimum Gasteiger partial charge on any atom is -0.295 e. The molecule has 0 aliphatic rings. The average molecular weight is 433 g/mol. The first kappa shape index (κ1) is 15.0. The number of rotatable bonds is 2. The van der Waals surface area contributed by atoms with E-state index >= 15 is 0 Å². The Hall–Kier alpha value is -0.910. The van der Waals surface area contributed by atoms with Crippen molar-refractivity contribution in [2.24, 2.45) is 0 Å². The number of imidazole rings is 1. The summed E-state index contributed by atoms with van der Waals surface area (Å²) < 4.78 is 17.0. The Morgan fingerprint density at radius 3 is 2.71 bits per heavy atom. The van der Waals surface area contributed by atoms with Crippen LogP contribution in [0.15, 0.2) is 39.3 Å². The van der Waals surface area contributed by atoms with Crippen molar-refractivity contribution in [1.29, 1.82) is 0 Å². The van der Waals surface area contributed by atoms with E-state index in [-0.39, 0.29) is 11.7 Å². The van der Waals surface area contributed by atoms with Crippen molar-refractivity contribution in [1.82, 2.24) is 9.55 Å². The molecule has 108 valence electrons. The maximum atomic E-state index is 13.6. The molecule has 21 heavy (non-hydrogen) atoms. The van der Waals surface area contributed by atoms with E-state index in [1.54, 1.807) is 6.07 Å². The van der Waals surface area contributed by atoms with Gasteiger partial charge in [0, 0.05) is 4.47 Å². The van der Waals surface area contributed by atoms with Gasteiger partial charge in [0.2, 0.25) is 0 Å². The Labute approximate surface area is 143 Å². The highest BCUT2D eigenvalue weighted by Gasteiger charge is 2.15. The first-order valence-electron chi connectivity index (χ1n) is 6.20. The van der Waals surface area contributed by atoms with Crippen molar-refractivity contribution in [2.45, 2.75) is 12.8 Å². The van der Waals surface area contributed by atoms with Gasteiger partial charge in [0.15, 0.2) is 0 Å². The molecule has 0 amide bonds. The number of aryl methyl sites for hydroxylation is 1. The molecule has 6 heteroatoms. The normalized spacial score (nSPS) is 11.3. The fraction of sp³-hybridized carbons (Fsp3) is 0.133. The van der Waals surface area contributed by atoms with Gasteiger partial charge in [-0.15, -0.1) is 11.6 Å². The van der Waals surface area contributed by atoms with Gasteiger partial charge in [-0.1, -0.05) is 15.9 Å². The molecule has 0 spiro atoms. The minimum atomic E-state index is -0.282. The highest BCUT2D eigenvalue weighted by Crippen LogP contribution is 2.29. The molecule has 2 nitrogen and oxygen atoms in total. The second-order valence-corrected chi connectivity index (χ2v) is 6.72. The third-order valence-electron chi connectivity index (χ3n) is 3.29. The molecule has 3 rings (SSSR count). The second-order valence-electron chi connectivity index (χ2n) is 4.68. The van der Waals surface area contributed by atoms with Crippen molar-refractivity contribution in [3.05, 3.63) is 56.5 Å². The Balaban J connectivity index is 2.36. The lowest BCUT2D eigenvalue weighted by molar-refractivity contribution is 0.619. The van der Waals surface area contributed by atoms with Gasteiger partial charge in [-0.25, -0.2) is 9.37 Å². The van der Waals surface area contributed by atoms with Crippen LogP contribution in [0.4, 0.5) is 4.39 Å². The number of fused-ring (bicyclic) bond motifs is 1. The van der Waals surface area contributed by atoms with E-state index in [0.717, 1.165) is 32.6 Å². The largest absolute Gasteiger partial charge is 0.295 e. The number of alkyl halides is 1. The molecule has 1 heterocycles. The fourth-order valence-electron chi connectivity index (χ4n) is 2.34. The highest BCUT2D eigenvalue weighted by atomic mass is 79.9. The van der Waals surface area contributed by atoms with Crippen LogP contribution in [-0.2, 0) is 5.88 Å². The lowest BCUT2D eigenvalue weighted by Gasteiger charge is -2.12. The summed E-state index contributed by atoms with van der Waals surface area (Å²) >= 11 is 12.7. The summed E-state index contributed by atoms with van der Waals surface area (Å²) in [5.41, 5.74) is 3.48. The predicted molar refractivity (Wildman–Crippen MR) is 90.7 cm³/mol. The maximum absolute atomic E-state index is 13.6. The van der Waals surface area contributed by atoms with Crippen molar-refractivity contribution in [3.8, 4) is 5.69 Å². The zero-order valence-corrected chi connectivity index (χ0v) is 14.9. The molecular weight excluding hydrogens is 422 g/mol. The van der Waals surface area contributed by atoms with Gasteiger partial charge in [-0.3, -0.25) is 4.57 Å². The monoisotopic (exact) mass is 430 g/mol. The van der Waals surface area contributed by atoms with E-state index in [2.05, 4.69) is 36.8 Å². The summed E-state index contributed by atoms with van der Waals surface area (Å²) in [5, 5.41) is 0. The summed E-state index contributed by atoms with van der Waals surface area (Å²) in [6.45, 7) is 1.87. The highest BCUT2D eigenvalue weighted by molar-refractivity contribution is 9.10. The first-order chi connectivity index (χ1) is 10.0. The maximum Gasteiger partial charge on any atom is 0.137 e. The number of benzene rings is 2. The molecule has 0 radical (unpaired) electrons. The lowest BCUT2D eigenvalue weighted by Crippen LogP contribution is -2.02. The molecule has 3 aromatic rings. The predicted octanol–water partition coefficient (Wildman–Crippen LogP) is 5.74. The SMILES string of the molecule is Cc1cc(F)c(Br)cc1-n1c(CCl)nc2cc(Br)ccc21. The lowest BCUT2D eigenvalue weighted by atomic mass is 10.2. The summed E-state index contributed by atoms with van der Waals surface area (Å²) in [6, 6.07) is 9.12. The van der Waals surface area contributed by atoms with Crippen LogP contribution in [0.3, 0.4) is 0 Å². The van der Waals surface area contributed by atoms with Crippen molar-refractivity contribution in [2.75, 3.05) is 0 Å². The summed E-state index contributed by atoms with van der Waals surface area (Å²) in [7, 11) is 0. The van der Waals surface area contributed by atoms with Crippen LogP contribution in [0.1, 0.15) is 11.4 Å². The molecule has 1 aromatic heterocycles. The minimum absolute atomic E-state index is 0.279. The summed E-state index contributed by atoms with van der Waals surface area (Å²) in [5.74, 6) is 0.725. The number of hydrogen-bond donors (Lipinski definition) is 0. The Morgan fingerprint density at radius 2 is 2.00 bits per heavy atom. The molecule has 0 atom stereocenters. The molecular formula is C15H10Br2ClFN2. The molecule has 0 fully saturated rings. The quantitative estimate of drug-likeness (QED) is 0.473. The van der Waals surface area contributed by atoms with Crippen LogP contribution in [0.25, 0.3) is 16.7 Å². The molecule has 2 aromatic carbocycles. The summed E-state index contributed by atoms with van der Waals surface area (Å²) in [4.78, 5) is 4.55. The summed E-state index contributed by atoms with van der Waals surface area (Å²) in [6.07, 6.45) is 0. The number of aromatic nitrogens is 2. The van der Waals surface area contributed by atoms with Crippen LogP contribution in [-0.4, -0.2) is 9.55 Å². The van der Waals surface area contributed by atoms with E-state index in [1.165, 1.54) is 6.07 Å². The molecule has 0 bridgehead atoms. The van der Waals surface area contributed by atoms with Crippen LogP contribution >= 0.6 is 43.5 Å². The standard InChI is InChI=1S/C15H10Br2ClFN2/c1-8-4-11(19)10(17)6-14(8)21-13-3-2-9(16)5-12(13)20-15(21)7-18/h2-6H,7H2,1H3. The van der Waals surface area contributed by atoms with E-state index in [0.29, 0.717) is 4.47 Å². The zero-order chi connectivity index (χ0) is 15.1. The van der Waals surface area contributed by atoms with Crippen LogP contribution < -0.4 is 0 Å². The van der Waals surface area contributed by atoms with E-state index in [9.17, 15) is 4.39 Å². The third kappa shape index (κ3) is 2.62. The zero-order valence-electron chi connectivity index (χ0n) is 11.0. The van der Waals surface area contributed by atoms with E-state index in [1.807, 2.05) is 29.7 Å². The Bertz CT molecular complexity index is 845. The van der Waals surface area contributed by atoms with Crippen LogP contribution in [0.2, 0.25) is 0 Å². The Morgan fingerprint density at radius 1 is 1.24 bits per heavy atom. The topological polar surface area (TPSA) is 17.8 Å². The number of nitrogens with zero attached hydrogens (tertiary/aromatic N) is 2. The molecule has 0 aliphatic heterocycles. The molecule has 0 saturated carbocycles. The van der Waals surface area contributed by atoms with Crippen LogP contribution in [0.5, 0.6) is 0 Å². The third-order valence-corrected chi connectivity index (χ3v) is 4.63. The number of halogens is 4. The Kier molecular flexibility index (Phi) is 4.08. The first-order valence-corrected chi connectivity index (χ1v) is 8.32. The van der Waals surface area contributed by atoms with Crippen molar-refractivity contribution >= 4 is 54.5 Å². The average Bonchev–Trinajstić information content (AvgIpc) is 2.80. The van der Waals surface area contributed by atoms with Gasteiger partial charge in [0.25, 0.3) is 0 Å². The van der Waals surface area contributed by atoms with E-state index in [4.69, 9.17) is 11.6 Å². The second kappa shape index (κ2) is 5.71. The molecule has 0 N–H and O–H groups in total.